The highest BCUT2D eigenvalue weighted by atomic mass is 32.2. The highest BCUT2D eigenvalue weighted by Crippen LogP contribution is 2.29. The number of para-hydroxylation sites is 2. The van der Waals surface area contributed by atoms with Gasteiger partial charge in [-0.05, 0) is 60.3 Å². The van der Waals surface area contributed by atoms with Crippen LogP contribution in [0.4, 0.5) is 16.2 Å². The molecule has 0 saturated heterocycles. The number of carbonyl (C=O) groups excluding carboxylic acids is 2. The highest BCUT2D eigenvalue weighted by molar-refractivity contribution is 8.13. The number of anilines is 2. The van der Waals surface area contributed by atoms with Gasteiger partial charge in [0, 0.05) is 30.2 Å². The summed E-state index contributed by atoms with van der Waals surface area (Å²) in [5.41, 5.74) is 1.23. The summed E-state index contributed by atoms with van der Waals surface area (Å²) in [4.78, 5) is 26.8. The lowest BCUT2D eigenvalue weighted by Gasteiger charge is -2.13. The third kappa shape index (κ3) is 5.87. The first kappa shape index (κ1) is 22.4. The zero-order chi connectivity index (χ0) is 22.4. The van der Waals surface area contributed by atoms with E-state index in [1.54, 1.807) is 68.7 Å². The Bertz CT molecular complexity index is 1180. The van der Waals surface area contributed by atoms with Gasteiger partial charge in [0.15, 0.2) is 0 Å². The van der Waals surface area contributed by atoms with Gasteiger partial charge in [-0.1, -0.05) is 30.3 Å². The Labute approximate surface area is 185 Å². The molecule has 0 aliphatic heterocycles. The fourth-order valence-electron chi connectivity index (χ4n) is 2.54. The van der Waals surface area contributed by atoms with Gasteiger partial charge in [0.2, 0.25) is 0 Å². The first-order valence-corrected chi connectivity index (χ1v) is 11.5. The maximum Gasteiger partial charge on any atom is 0.286 e. The van der Waals surface area contributed by atoms with Crippen molar-refractivity contribution in [3.63, 3.8) is 0 Å². The molecule has 3 aromatic rings. The first-order valence-electron chi connectivity index (χ1n) is 9.24. The molecule has 0 aliphatic rings. The average molecular weight is 456 g/mol. The molecule has 0 heterocycles. The Hall–Kier alpha value is -3.30. The molecule has 0 saturated carbocycles. The second kappa shape index (κ2) is 9.67. The molecule has 0 unspecified atom stereocenters. The summed E-state index contributed by atoms with van der Waals surface area (Å²) in [5, 5.41) is 2.61. The van der Waals surface area contributed by atoms with Crippen molar-refractivity contribution in [3.8, 4) is 0 Å². The first-order chi connectivity index (χ1) is 14.8. The Morgan fingerprint density at radius 3 is 2.10 bits per heavy atom. The lowest BCUT2D eigenvalue weighted by molar-refractivity contribution is 0.102. The van der Waals surface area contributed by atoms with E-state index in [1.807, 2.05) is 0 Å². The van der Waals surface area contributed by atoms with E-state index in [4.69, 9.17) is 0 Å². The van der Waals surface area contributed by atoms with Gasteiger partial charge >= 0.3 is 0 Å². The minimum atomic E-state index is -3.77. The fraction of sp³-hybridized carbons (Fsp3) is 0.0909. The summed E-state index contributed by atoms with van der Waals surface area (Å²) >= 11 is 1.01. The monoisotopic (exact) mass is 455 g/mol. The van der Waals surface area contributed by atoms with Crippen molar-refractivity contribution in [2.75, 3.05) is 24.1 Å². The van der Waals surface area contributed by atoms with Crippen molar-refractivity contribution < 1.29 is 18.0 Å². The number of amides is 2. The van der Waals surface area contributed by atoms with Gasteiger partial charge < -0.3 is 10.2 Å². The largest absolute Gasteiger partial charge is 0.339 e. The molecule has 0 radical (unpaired) electrons. The van der Waals surface area contributed by atoms with E-state index in [9.17, 15) is 18.0 Å². The van der Waals surface area contributed by atoms with Crippen LogP contribution in [0.15, 0.2) is 88.7 Å². The van der Waals surface area contributed by atoms with Crippen LogP contribution in [-0.4, -0.2) is 38.6 Å². The number of carbonyl (C=O) groups is 2. The number of thioether (sulfide) groups is 1. The SMILES string of the molecule is CN(C)C(=O)Sc1ccccc1NC(=O)c1ccc(S(=O)(=O)Nc2ccccc2)cc1. The lowest BCUT2D eigenvalue weighted by Crippen LogP contribution is -2.17. The van der Waals surface area contributed by atoms with Crippen LogP contribution in [0.2, 0.25) is 0 Å². The van der Waals surface area contributed by atoms with Crippen LogP contribution in [0, 0.1) is 0 Å². The lowest BCUT2D eigenvalue weighted by atomic mass is 10.2. The van der Waals surface area contributed by atoms with Crippen molar-refractivity contribution in [2.24, 2.45) is 0 Å². The number of nitrogens with zero attached hydrogens (tertiary/aromatic N) is 1. The smallest absolute Gasteiger partial charge is 0.286 e. The molecule has 9 heteroatoms. The number of benzene rings is 3. The van der Waals surface area contributed by atoms with Crippen LogP contribution in [0.5, 0.6) is 0 Å². The molecule has 0 aromatic heterocycles. The molecule has 31 heavy (non-hydrogen) atoms. The van der Waals surface area contributed by atoms with E-state index in [0.29, 0.717) is 16.3 Å². The molecule has 7 nitrogen and oxygen atoms in total. The van der Waals surface area contributed by atoms with Gasteiger partial charge in [0.05, 0.1) is 10.6 Å². The third-order valence-electron chi connectivity index (χ3n) is 4.15. The Kier molecular flexibility index (Phi) is 6.98. The van der Waals surface area contributed by atoms with Crippen LogP contribution < -0.4 is 10.0 Å². The summed E-state index contributed by atoms with van der Waals surface area (Å²) < 4.78 is 27.5. The Morgan fingerprint density at radius 1 is 0.839 bits per heavy atom. The van der Waals surface area contributed by atoms with E-state index in [1.165, 1.54) is 29.2 Å². The average Bonchev–Trinajstić information content (AvgIpc) is 2.75. The zero-order valence-corrected chi connectivity index (χ0v) is 18.5. The molecule has 2 N–H and O–H groups in total. The maximum atomic E-state index is 12.7. The predicted molar refractivity (Wildman–Crippen MR) is 123 cm³/mol. The standard InChI is InChI=1S/C22H21N3O4S2/c1-25(2)22(27)30-20-11-7-6-10-19(20)23-21(26)16-12-14-18(15-13-16)31(28,29)24-17-8-4-3-5-9-17/h3-15,24H,1-2H3,(H,23,26). The second-order valence-corrected chi connectivity index (χ2v) is 9.38. The summed E-state index contributed by atoms with van der Waals surface area (Å²) in [6.45, 7) is 0. The molecule has 0 aliphatic carbocycles. The van der Waals surface area contributed by atoms with Crippen molar-refractivity contribution in [3.05, 3.63) is 84.4 Å². The summed E-state index contributed by atoms with van der Waals surface area (Å²) in [6, 6.07) is 21.1. The van der Waals surface area contributed by atoms with Crippen LogP contribution in [0.1, 0.15) is 10.4 Å². The van der Waals surface area contributed by atoms with Crippen LogP contribution >= 0.6 is 11.8 Å². The molecule has 0 atom stereocenters. The molecule has 0 spiro atoms. The van der Waals surface area contributed by atoms with E-state index in [2.05, 4.69) is 10.0 Å². The topological polar surface area (TPSA) is 95.6 Å². The zero-order valence-electron chi connectivity index (χ0n) is 16.9. The summed E-state index contributed by atoms with van der Waals surface area (Å²) in [5.74, 6) is -0.412. The van der Waals surface area contributed by atoms with E-state index in [-0.39, 0.29) is 15.7 Å². The molecular weight excluding hydrogens is 434 g/mol. The van der Waals surface area contributed by atoms with Gasteiger partial charge in [0.25, 0.3) is 21.2 Å². The second-order valence-electron chi connectivity index (χ2n) is 6.71. The molecule has 3 rings (SSSR count). The quantitative estimate of drug-likeness (QED) is 0.533. The van der Waals surface area contributed by atoms with Gasteiger partial charge in [-0.3, -0.25) is 14.3 Å². The van der Waals surface area contributed by atoms with Gasteiger partial charge in [-0.15, -0.1) is 0 Å². The van der Waals surface area contributed by atoms with Crippen molar-refractivity contribution in [2.45, 2.75) is 9.79 Å². The van der Waals surface area contributed by atoms with Gasteiger partial charge in [0.1, 0.15) is 0 Å². The Balaban J connectivity index is 1.74. The minimum Gasteiger partial charge on any atom is -0.339 e. The number of hydrogen-bond donors (Lipinski definition) is 2. The van der Waals surface area contributed by atoms with Crippen LogP contribution in [0.25, 0.3) is 0 Å². The molecule has 0 fully saturated rings. The fourth-order valence-corrected chi connectivity index (χ4v) is 4.35. The predicted octanol–water partition coefficient (Wildman–Crippen LogP) is 4.51. The van der Waals surface area contributed by atoms with Crippen molar-refractivity contribution in [1.29, 1.82) is 0 Å². The summed E-state index contributed by atoms with van der Waals surface area (Å²) in [7, 11) is -0.467. The van der Waals surface area contributed by atoms with Crippen molar-refractivity contribution in [1.82, 2.24) is 4.90 Å². The van der Waals surface area contributed by atoms with E-state index >= 15 is 0 Å². The van der Waals surface area contributed by atoms with Crippen LogP contribution in [0.3, 0.4) is 0 Å². The number of rotatable bonds is 6. The Morgan fingerprint density at radius 2 is 1.45 bits per heavy atom. The normalized spacial score (nSPS) is 10.9. The van der Waals surface area contributed by atoms with Crippen LogP contribution in [-0.2, 0) is 10.0 Å². The summed E-state index contributed by atoms with van der Waals surface area (Å²) in [6.07, 6.45) is 0. The highest BCUT2D eigenvalue weighted by Gasteiger charge is 2.16. The molecule has 3 aromatic carbocycles. The molecule has 2 amide bonds. The number of hydrogen-bond acceptors (Lipinski definition) is 5. The van der Waals surface area contributed by atoms with Gasteiger partial charge in [-0.2, -0.15) is 0 Å². The molecular formula is C22H21N3O4S2. The maximum absolute atomic E-state index is 12.7. The van der Waals surface area contributed by atoms with E-state index < -0.39 is 15.9 Å². The molecule has 160 valence electrons. The third-order valence-corrected chi connectivity index (χ3v) is 6.66. The van der Waals surface area contributed by atoms with E-state index in [0.717, 1.165) is 11.8 Å². The van der Waals surface area contributed by atoms with Gasteiger partial charge in [-0.25, -0.2) is 8.42 Å². The number of nitrogens with one attached hydrogen (secondary N) is 2. The van der Waals surface area contributed by atoms with Crippen molar-refractivity contribution >= 4 is 44.3 Å². The minimum absolute atomic E-state index is 0.0421. The number of sulfonamides is 1. The molecule has 0 bridgehead atoms.